The van der Waals surface area contributed by atoms with Gasteiger partial charge >= 0.3 is 0 Å². The molecule has 1 aliphatic rings. The van der Waals surface area contributed by atoms with Crippen molar-refractivity contribution in [1.29, 1.82) is 0 Å². The molecule has 0 radical (unpaired) electrons. The van der Waals surface area contributed by atoms with Gasteiger partial charge in [-0.1, -0.05) is 17.3 Å². The van der Waals surface area contributed by atoms with Gasteiger partial charge in [0.05, 0.1) is 11.9 Å². The summed E-state index contributed by atoms with van der Waals surface area (Å²) in [7, 11) is 0. The van der Waals surface area contributed by atoms with Crippen molar-refractivity contribution in [3.8, 4) is 0 Å². The molecule has 2 N–H and O–H groups in total. The van der Waals surface area contributed by atoms with Crippen LogP contribution in [0.5, 0.6) is 0 Å². The predicted octanol–water partition coefficient (Wildman–Crippen LogP) is 1.33. The lowest BCUT2D eigenvalue weighted by Crippen LogP contribution is -2.51. The second-order valence-electron chi connectivity index (χ2n) is 6.39. The molecule has 3 rings (SSSR count). The van der Waals surface area contributed by atoms with Crippen LogP contribution in [0, 0.1) is 0 Å². The van der Waals surface area contributed by atoms with Crippen molar-refractivity contribution >= 4 is 29.2 Å². The van der Waals surface area contributed by atoms with Crippen LogP contribution in [0.4, 0.5) is 0 Å². The van der Waals surface area contributed by atoms with Crippen LogP contribution in [0.1, 0.15) is 32.6 Å². The van der Waals surface area contributed by atoms with Crippen LogP contribution in [0.25, 0.3) is 10.9 Å². The number of amides is 1. The molecule has 1 saturated heterocycles. The molecule has 2 unspecified atom stereocenters. The molecule has 2 heterocycles. The summed E-state index contributed by atoms with van der Waals surface area (Å²) in [4.78, 5) is 26.8. The minimum absolute atomic E-state index is 0. The highest BCUT2D eigenvalue weighted by atomic mass is 35.5. The maximum atomic E-state index is 12.6. The summed E-state index contributed by atoms with van der Waals surface area (Å²) in [5.74, 6) is 0.0267. The smallest absolute Gasteiger partial charge is 0.277 e. The molecule has 0 spiro atoms. The van der Waals surface area contributed by atoms with E-state index < -0.39 is 0 Å². The highest BCUT2D eigenvalue weighted by Gasteiger charge is 2.28. The van der Waals surface area contributed by atoms with E-state index in [1.165, 1.54) is 4.68 Å². The van der Waals surface area contributed by atoms with Crippen LogP contribution in [-0.2, 0) is 11.3 Å². The van der Waals surface area contributed by atoms with E-state index >= 15 is 0 Å². The number of nitrogens with two attached hydrogens (primary N) is 1. The molecule has 2 aromatic rings. The number of hydrogen-bond acceptors (Lipinski definition) is 5. The molecular weight excluding hydrogens is 342 g/mol. The van der Waals surface area contributed by atoms with E-state index in [-0.39, 0.29) is 48.9 Å². The van der Waals surface area contributed by atoms with E-state index in [0.717, 1.165) is 25.8 Å². The summed E-state index contributed by atoms with van der Waals surface area (Å²) in [5, 5.41) is 8.50. The number of nitrogens with zero attached hydrogens (tertiary/aromatic N) is 4. The first kappa shape index (κ1) is 19.3. The SMILES string of the molecule is CC(N)C1CCCCN1C(=O)CCn1nnc2ccccc2c1=O.Cl. The van der Waals surface area contributed by atoms with Crippen molar-refractivity contribution in [3.63, 3.8) is 0 Å². The molecule has 0 saturated carbocycles. The number of likely N-dealkylation sites (tertiary alicyclic amines) is 1. The van der Waals surface area contributed by atoms with E-state index in [1.54, 1.807) is 18.2 Å². The lowest BCUT2D eigenvalue weighted by atomic mass is 9.96. The summed E-state index contributed by atoms with van der Waals surface area (Å²) in [6.45, 7) is 2.91. The highest BCUT2D eigenvalue weighted by Crippen LogP contribution is 2.20. The van der Waals surface area contributed by atoms with E-state index in [0.29, 0.717) is 10.9 Å². The number of carbonyl (C=O) groups excluding carboxylic acids is 1. The van der Waals surface area contributed by atoms with Crippen molar-refractivity contribution in [2.75, 3.05) is 6.54 Å². The molecule has 136 valence electrons. The van der Waals surface area contributed by atoms with Crippen LogP contribution in [0.2, 0.25) is 0 Å². The van der Waals surface area contributed by atoms with Gasteiger partial charge in [-0.25, -0.2) is 4.68 Å². The fourth-order valence-electron chi connectivity index (χ4n) is 3.33. The van der Waals surface area contributed by atoms with Crippen LogP contribution >= 0.6 is 12.4 Å². The van der Waals surface area contributed by atoms with Gasteiger partial charge in [-0.2, -0.15) is 0 Å². The van der Waals surface area contributed by atoms with Gasteiger partial charge in [0.15, 0.2) is 0 Å². The molecule has 0 aliphatic carbocycles. The molecule has 8 heteroatoms. The summed E-state index contributed by atoms with van der Waals surface area (Å²) < 4.78 is 1.27. The number of piperidine rings is 1. The van der Waals surface area contributed by atoms with Crippen LogP contribution in [0.3, 0.4) is 0 Å². The van der Waals surface area contributed by atoms with Gasteiger partial charge in [0.2, 0.25) is 5.91 Å². The number of aromatic nitrogens is 3. The Kier molecular flexibility index (Phi) is 6.50. The first-order valence-electron chi connectivity index (χ1n) is 8.45. The Hall–Kier alpha value is -1.99. The number of rotatable bonds is 4. The van der Waals surface area contributed by atoms with Gasteiger partial charge < -0.3 is 10.6 Å². The molecule has 0 bridgehead atoms. The van der Waals surface area contributed by atoms with Gasteiger partial charge in [-0.05, 0) is 38.3 Å². The second-order valence-corrected chi connectivity index (χ2v) is 6.39. The number of aryl methyl sites for hydroxylation is 1. The molecule has 1 aliphatic heterocycles. The van der Waals surface area contributed by atoms with E-state index in [1.807, 2.05) is 17.9 Å². The third kappa shape index (κ3) is 4.16. The van der Waals surface area contributed by atoms with Gasteiger partial charge in [0.1, 0.15) is 5.52 Å². The molecule has 1 aromatic carbocycles. The number of benzene rings is 1. The Bertz CT molecular complexity index is 792. The van der Waals surface area contributed by atoms with Crippen molar-refractivity contribution < 1.29 is 4.79 Å². The number of fused-ring (bicyclic) bond motifs is 1. The number of carbonyl (C=O) groups is 1. The predicted molar refractivity (Wildman–Crippen MR) is 98.7 cm³/mol. The maximum Gasteiger partial charge on any atom is 0.277 e. The van der Waals surface area contributed by atoms with E-state index in [2.05, 4.69) is 10.3 Å². The molecule has 2 atom stereocenters. The number of hydrogen-bond donors (Lipinski definition) is 1. The fraction of sp³-hybridized carbons (Fsp3) is 0.529. The summed E-state index contributed by atoms with van der Waals surface area (Å²) in [6, 6.07) is 7.13. The van der Waals surface area contributed by atoms with Crippen LogP contribution in [-0.4, -0.2) is 44.4 Å². The zero-order valence-corrected chi connectivity index (χ0v) is 15.1. The van der Waals surface area contributed by atoms with Gasteiger partial charge in [-0.3, -0.25) is 9.59 Å². The largest absolute Gasteiger partial charge is 0.338 e. The molecule has 1 aromatic heterocycles. The normalized spacial score (nSPS) is 18.6. The monoisotopic (exact) mass is 365 g/mol. The molecule has 25 heavy (non-hydrogen) atoms. The molecule has 1 fully saturated rings. The molecule has 1 amide bonds. The van der Waals surface area contributed by atoms with Gasteiger partial charge in [0, 0.05) is 25.0 Å². The fourth-order valence-corrected chi connectivity index (χ4v) is 3.33. The zero-order valence-electron chi connectivity index (χ0n) is 14.3. The van der Waals surface area contributed by atoms with Crippen molar-refractivity contribution in [3.05, 3.63) is 34.6 Å². The minimum Gasteiger partial charge on any atom is -0.338 e. The Morgan fingerprint density at radius 3 is 2.88 bits per heavy atom. The Morgan fingerprint density at radius 2 is 2.12 bits per heavy atom. The lowest BCUT2D eigenvalue weighted by molar-refractivity contribution is -0.135. The first-order chi connectivity index (χ1) is 11.6. The quantitative estimate of drug-likeness (QED) is 0.882. The third-order valence-electron chi connectivity index (χ3n) is 4.64. The Balaban J connectivity index is 0.00000225. The van der Waals surface area contributed by atoms with Gasteiger partial charge in [0.25, 0.3) is 5.56 Å². The molecular formula is C17H24ClN5O2. The van der Waals surface area contributed by atoms with Gasteiger partial charge in [-0.15, -0.1) is 17.5 Å². The summed E-state index contributed by atoms with van der Waals surface area (Å²) in [5.41, 5.74) is 6.37. The topological polar surface area (TPSA) is 94.1 Å². The Morgan fingerprint density at radius 1 is 1.36 bits per heavy atom. The average Bonchev–Trinajstić information content (AvgIpc) is 2.61. The van der Waals surface area contributed by atoms with Crippen LogP contribution in [0.15, 0.2) is 29.1 Å². The van der Waals surface area contributed by atoms with E-state index in [4.69, 9.17) is 5.73 Å². The van der Waals surface area contributed by atoms with Crippen molar-refractivity contribution in [2.24, 2.45) is 5.73 Å². The minimum atomic E-state index is -0.212. The summed E-state index contributed by atoms with van der Waals surface area (Å²) >= 11 is 0. The summed E-state index contributed by atoms with van der Waals surface area (Å²) in [6.07, 6.45) is 3.28. The molecule has 7 nitrogen and oxygen atoms in total. The first-order valence-corrected chi connectivity index (χ1v) is 8.45. The Labute approximate surface area is 152 Å². The standard InChI is InChI=1S/C17H23N5O2.ClH/c1-12(18)15-8-4-5-10-21(15)16(23)9-11-22-17(24)13-6-2-3-7-14(13)19-20-22;/h2-3,6-7,12,15H,4-5,8-11,18H2,1H3;1H. The van der Waals surface area contributed by atoms with Crippen LogP contribution < -0.4 is 11.3 Å². The van der Waals surface area contributed by atoms with E-state index in [9.17, 15) is 9.59 Å². The van der Waals surface area contributed by atoms with Crippen molar-refractivity contribution in [1.82, 2.24) is 19.9 Å². The second kappa shape index (κ2) is 8.40. The van der Waals surface area contributed by atoms with Crippen molar-refractivity contribution in [2.45, 2.75) is 51.2 Å². The number of halogens is 1. The highest BCUT2D eigenvalue weighted by molar-refractivity contribution is 5.85. The zero-order chi connectivity index (χ0) is 17.1. The third-order valence-corrected chi connectivity index (χ3v) is 4.64. The lowest BCUT2D eigenvalue weighted by Gasteiger charge is -2.38. The average molecular weight is 366 g/mol. The maximum absolute atomic E-state index is 12.6.